The van der Waals surface area contributed by atoms with E-state index in [0.29, 0.717) is 0 Å². The van der Waals surface area contributed by atoms with Crippen molar-refractivity contribution in [2.75, 3.05) is 19.8 Å². The lowest BCUT2D eigenvalue weighted by atomic mass is 9.97. The molecule has 3 nitrogen and oxygen atoms in total. The molecule has 0 aliphatic heterocycles. The molecule has 1 unspecified atom stereocenters. The molecule has 0 bridgehead atoms. The van der Waals surface area contributed by atoms with E-state index >= 15 is 0 Å². The van der Waals surface area contributed by atoms with Crippen molar-refractivity contribution >= 4 is 0 Å². The molecular weight excluding hydrogens is 200 g/mol. The minimum atomic E-state index is -0.363. The first-order valence-corrected chi connectivity index (χ1v) is 6.42. The van der Waals surface area contributed by atoms with Crippen molar-refractivity contribution in [3.63, 3.8) is 0 Å². The van der Waals surface area contributed by atoms with E-state index in [4.69, 9.17) is 10.00 Å². The summed E-state index contributed by atoms with van der Waals surface area (Å²) >= 11 is 0. The molecule has 1 N–H and O–H groups in total. The van der Waals surface area contributed by atoms with Crippen LogP contribution >= 0.6 is 0 Å². The maximum atomic E-state index is 9.05. The summed E-state index contributed by atoms with van der Waals surface area (Å²) in [5, 5.41) is 12.3. The van der Waals surface area contributed by atoms with Crippen molar-refractivity contribution in [3.8, 4) is 6.07 Å². The maximum absolute atomic E-state index is 9.05. The van der Waals surface area contributed by atoms with Crippen LogP contribution in [0, 0.1) is 11.3 Å². The van der Waals surface area contributed by atoms with Gasteiger partial charge in [0.2, 0.25) is 0 Å². The standard InChI is InChI=1S/C13H26N2O/c1-4-6-10-16-11-8-7-9-13(3,12-14)15-5-2/h15H,4-11H2,1-3H3. The minimum Gasteiger partial charge on any atom is -0.381 e. The van der Waals surface area contributed by atoms with Gasteiger partial charge in [-0.05, 0) is 39.2 Å². The predicted molar refractivity (Wildman–Crippen MR) is 67.3 cm³/mol. The third kappa shape index (κ3) is 7.67. The van der Waals surface area contributed by atoms with Crippen LogP contribution in [0.15, 0.2) is 0 Å². The van der Waals surface area contributed by atoms with Gasteiger partial charge in [0.25, 0.3) is 0 Å². The third-order valence-electron chi connectivity index (χ3n) is 2.67. The fraction of sp³-hybridized carbons (Fsp3) is 0.923. The molecule has 0 spiro atoms. The topological polar surface area (TPSA) is 45.0 Å². The number of nitrogens with one attached hydrogen (secondary N) is 1. The first kappa shape index (κ1) is 15.4. The summed E-state index contributed by atoms with van der Waals surface area (Å²) in [6.07, 6.45) is 5.32. The summed E-state index contributed by atoms with van der Waals surface area (Å²) in [5.74, 6) is 0. The molecule has 3 heteroatoms. The summed E-state index contributed by atoms with van der Waals surface area (Å²) in [6.45, 7) is 8.71. The number of rotatable bonds is 10. The van der Waals surface area contributed by atoms with Crippen LogP contribution in [0.25, 0.3) is 0 Å². The third-order valence-corrected chi connectivity index (χ3v) is 2.67. The molecule has 0 aliphatic rings. The van der Waals surface area contributed by atoms with E-state index in [9.17, 15) is 0 Å². The molecule has 0 saturated heterocycles. The number of ether oxygens (including phenoxy) is 1. The Kier molecular flexibility index (Phi) is 9.27. The molecule has 0 heterocycles. The van der Waals surface area contributed by atoms with E-state index in [0.717, 1.165) is 45.4 Å². The SMILES string of the molecule is CCCCOCCCCC(C)(C#N)NCC. The van der Waals surface area contributed by atoms with Crippen molar-refractivity contribution in [3.05, 3.63) is 0 Å². The predicted octanol–water partition coefficient (Wildman–Crippen LogP) is 2.87. The van der Waals surface area contributed by atoms with Gasteiger partial charge >= 0.3 is 0 Å². The van der Waals surface area contributed by atoms with Gasteiger partial charge in [0, 0.05) is 13.2 Å². The van der Waals surface area contributed by atoms with Crippen molar-refractivity contribution in [2.45, 2.75) is 58.4 Å². The fourth-order valence-corrected chi connectivity index (χ4v) is 1.61. The molecule has 0 rings (SSSR count). The van der Waals surface area contributed by atoms with E-state index in [1.54, 1.807) is 0 Å². The van der Waals surface area contributed by atoms with Gasteiger partial charge in [-0.25, -0.2) is 0 Å². The molecule has 0 aromatic heterocycles. The zero-order chi connectivity index (χ0) is 12.3. The molecule has 16 heavy (non-hydrogen) atoms. The zero-order valence-electron chi connectivity index (χ0n) is 11.0. The van der Waals surface area contributed by atoms with Crippen molar-refractivity contribution in [2.24, 2.45) is 0 Å². The smallest absolute Gasteiger partial charge is 0.103 e. The lowest BCUT2D eigenvalue weighted by molar-refractivity contribution is 0.126. The van der Waals surface area contributed by atoms with Gasteiger partial charge in [0.15, 0.2) is 0 Å². The van der Waals surface area contributed by atoms with Gasteiger partial charge in [-0.15, -0.1) is 0 Å². The monoisotopic (exact) mass is 226 g/mol. The normalized spacial score (nSPS) is 14.4. The average molecular weight is 226 g/mol. The lowest BCUT2D eigenvalue weighted by Gasteiger charge is -2.22. The van der Waals surface area contributed by atoms with Crippen LogP contribution in [-0.4, -0.2) is 25.3 Å². The molecule has 0 radical (unpaired) electrons. The Labute approximate surface area is 100 Å². The highest BCUT2D eigenvalue weighted by Crippen LogP contribution is 2.12. The molecule has 1 atom stereocenters. The molecule has 0 amide bonds. The highest BCUT2D eigenvalue weighted by atomic mass is 16.5. The van der Waals surface area contributed by atoms with E-state index in [2.05, 4.69) is 18.3 Å². The quantitative estimate of drug-likeness (QED) is 0.583. The molecule has 94 valence electrons. The first-order chi connectivity index (χ1) is 7.68. The molecule has 0 aromatic rings. The summed E-state index contributed by atoms with van der Waals surface area (Å²) in [6, 6.07) is 2.34. The van der Waals surface area contributed by atoms with Crippen LogP contribution < -0.4 is 5.32 Å². The van der Waals surface area contributed by atoms with Crippen LogP contribution in [0.4, 0.5) is 0 Å². The summed E-state index contributed by atoms with van der Waals surface area (Å²) in [7, 11) is 0. The zero-order valence-corrected chi connectivity index (χ0v) is 11.0. The molecule has 0 fully saturated rings. The van der Waals surface area contributed by atoms with Gasteiger partial charge in [-0.3, -0.25) is 5.32 Å². The van der Waals surface area contributed by atoms with Crippen molar-refractivity contribution in [1.82, 2.24) is 5.32 Å². The second kappa shape index (κ2) is 9.62. The largest absolute Gasteiger partial charge is 0.381 e. The van der Waals surface area contributed by atoms with Gasteiger partial charge in [-0.2, -0.15) is 5.26 Å². The number of nitrogens with zero attached hydrogens (tertiary/aromatic N) is 1. The summed E-state index contributed by atoms with van der Waals surface area (Å²) in [4.78, 5) is 0. The maximum Gasteiger partial charge on any atom is 0.103 e. The Morgan fingerprint density at radius 1 is 1.19 bits per heavy atom. The fourth-order valence-electron chi connectivity index (χ4n) is 1.61. The Hall–Kier alpha value is -0.590. The summed E-state index contributed by atoms with van der Waals surface area (Å²) in [5.41, 5.74) is -0.363. The molecular formula is C13H26N2O. The number of hydrogen-bond donors (Lipinski definition) is 1. The second-order valence-electron chi connectivity index (χ2n) is 4.40. The van der Waals surface area contributed by atoms with Gasteiger partial charge in [-0.1, -0.05) is 20.3 Å². The Morgan fingerprint density at radius 2 is 1.88 bits per heavy atom. The van der Waals surface area contributed by atoms with E-state index in [1.165, 1.54) is 6.42 Å². The van der Waals surface area contributed by atoms with Crippen molar-refractivity contribution < 1.29 is 4.74 Å². The van der Waals surface area contributed by atoms with Crippen LogP contribution in [0.5, 0.6) is 0 Å². The van der Waals surface area contributed by atoms with Crippen LogP contribution in [-0.2, 0) is 4.74 Å². The first-order valence-electron chi connectivity index (χ1n) is 6.42. The highest BCUT2D eigenvalue weighted by Gasteiger charge is 2.20. The van der Waals surface area contributed by atoms with Crippen molar-refractivity contribution in [1.29, 1.82) is 5.26 Å². The van der Waals surface area contributed by atoms with E-state index < -0.39 is 0 Å². The van der Waals surface area contributed by atoms with Crippen LogP contribution in [0.2, 0.25) is 0 Å². The number of hydrogen-bond acceptors (Lipinski definition) is 3. The van der Waals surface area contributed by atoms with Gasteiger partial charge < -0.3 is 4.74 Å². The summed E-state index contributed by atoms with van der Waals surface area (Å²) < 4.78 is 5.48. The van der Waals surface area contributed by atoms with Gasteiger partial charge in [0.05, 0.1) is 6.07 Å². The highest BCUT2D eigenvalue weighted by molar-refractivity contribution is 5.03. The molecule has 0 aromatic carbocycles. The number of nitriles is 1. The van der Waals surface area contributed by atoms with E-state index in [1.807, 2.05) is 13.8 Å². The Bertz CT molecular complexity index is 201. The van der Waals surface area contributed by atoms with Gasteiger partial charge in [0.1, 0.15) is 5.54 Å². The van der Waals surface area contributed by atoms with E-state index in [-0.39, 0.29) is 5.54 Å². The lowest BCUT2D eigenvalue weighted by Crippen LogP contribution is -2.40. The molecule has 0 saturated carbocycles. The Morgan fingerprint density at radius 3 is 2.44 bits per heavy atom. The second-order valence-corrected chi connectivity index (χ2v) is 4.40. The molecule has 0 aliphatic carbocycles. The minimum absolute atomic E-state index is 0.363. The Balaban J connectivity index is 3.46. The average Bonchev–Trinajstić information content (AvgIpc) is 2.28. The van der Waals surface area contributed by atoms with Crippen LogP contribution in [0.1, 0.15) is 52.9 Å². The van der Waals surface area contributed by atoms with Crippen LogP contribution in [0.3, 0.4) is 0 Å². The number of unbranched alkanes of at least 4 members (excludes halogenated alkanes) is 2.